The zero-order valence-corrected chi connectivity index (χ0v) is 17.8. The first-order valence-electron chi connectivity index (χ1n) is 9.70. The van der Waals surface area contributed by atoms with Crippen molar-refractivity contribution in [2.45, 2.75) is 32.1 Å². The Morgan fingerprint density at radius 1 is 1.07 bits per heavy atom. The summed E-state index contributed by atoms with van der Waals surface area (Å²) in [5.74, 6) is -0.0596. The molecule has 1 aliphatic rings. The molecule has 0 unspecified atom stereocenters. The lowest BCUT2D eigenvalue weighted by Crippen LogP contribution is -2.45. The van der Waals surface area contributed by atoms with Gasteiger partial charge in [0, 0.05) is 47.7 Å². The van der Waals surface area contributed by atoms with Crippen molar-refractivity contribution in [3.8, 4) is 0 Å². The van der Waals surface area contributed by atoms with Gasteiger partial charge in [0.05, 0.1) is 5.41 Å². The zero-order chi connectivity index (χ0) is 20.1. The van der Waals surface area contributed by atoms with Crippen molar-refractivity contribution >= 4 is 40.5 Å². The van der Waals surface area contributed by atoms with Crippen molar-refractivity contribution < 1.29 is 9.53 Å². The Kier molecular flexibility index (Phi) is 6.86. The number of carbonyl (C=O) groups excluding carboxylic acids is 1. The van der Waals surface area contributed by atoms with Gasteiger partial charge in [-0.1, -0.05) is 29.3 Å². The Bertz CT molecular complexity index is 814. The number of hydrogen-bond acceptors (Lipinski definition) is 3. The lowest BCUT2D eigenvalue weighted by Gasteiger charge is -2.37. The number of nitrogens with one attached hydrogen (secondary N) is 1. The van der Waals surface area contributed by atoms with Gasteiger partial charge in [0.1, 0.15) is 0 Å². The van der Waals surface area contributed by atoms with Gasteiger partial charge in [0.25, 0.3) is 0 Å². The Labute approximate surface area is 176 Å². The third-order valence-electron chi connectivity index (χ3n) is 5.48. The average Bonchev–Trinajstić information content (AvgIpc) is 2.70. The fraction of sp³-hybridized carbons (Fsp3) is 0.409. The molecule has 1 N–H and O–H groups in total. The van der Waals surface area contributed by atoms with Crippen LogP contribution in [0, 0.1) is 0 Å². The van der Waals surface area contributed by atoms with Gasteiger partial charge in [-0.05, 0) is 68.7 Å². The van der Waals surface area contributed by atoms with E-state index in [1.807, 2.05) is 30.3 Å². The van der Waals surface area contributed by atoms with Gasteiger partial charge in [0.2, 0.25) is 5.91 Å². The van der Waals surface area contributed by atoms with Crippen LogP contribution in [0.15, 0.2) is 42.5 Å². The summed E-state index contributed by atoms with van der Waals surface area (Å²) in [5, 5.41) is 4.16. The molecule has 1 amide bonds. The van der Waals surface area contributed by atoms with Gasteiger partial charge >= 0.3 is 0 Å². The Balaban J connectivity index is 1.86. The third-order valence-corrected chi connectivity index (χ3v) is 6.03. The van der Waals surface area contributed by atoms with Gasteiger partial charge in [-0.15, -0.1) is 0 Å². The van der Waals surface area contributed by atoms with Crippen molar-refractivity contribution in [1.29, 1.82) is 0 Å². The quantitative estimate of drug-likeness (QED) is 0.667. The van der Waals surface area contributed by atoms with Crippen LogP contribution in [0.3, 0.4) is 0 Å². The topological polar surface area (TPSA) is 41.6 Å². The largest absolute Gasteiger partial charge is 0.381 e. The highest BCUT2D eigenvalue weighted by atomic mass is 35.5. The molecule has 0 bridgehead atoms. The number of halogens is 2. The molecule has 0 atom stereocenters. The molecule has 1 fully saturated rings. The second-order valence-corrected chi connectivity index (χ2v) is 7.84. The molecule has 0 spiro atoms. The highest BCUT2D eigenvalue weighted by molar-refractivity contribution is 6.35. The summed E-state index contributed by atoms with van der Waals surface area (Å²) in [4.78, 5) is 15.7. The molecule has 0 saturated carbocycles. The van der Waals surface area contributed by atoms with Crippen LogP contribution in [-0.2, 0) is 14.9 Å². The maximum atomic E-state index is 13.4. The van der Waals surface area contributed by atoms with Crippen molar-refractivity contribution in [3.63, 3.8) is 0 Å². The molecular weight excluding hydrogens is 395 g/mol. The molecule has 28 heavy (non-hydrogen) atoms. The molecule has 6 heteroatoms. The highest BCUT2D eigenvalue weighted by Crippen LogP contribution is 2.40. The summed E-state index contributed by atoms with van der Waals surface area (Å²) < 4.78 is 5.52. The minimum absolute atomic E-state index is 0.0596. The second kappa shape index (κ2) is 9.17. The molecule has 0 radical (unpaired) electrons. The van der Waals surface area contributed by atoms with E-state index in [0.29, 0.717) is 36.1 Å². The van der Waals surface area contributed by atoms with E-state index in [-0.39, 0.29) is 5.91 Å². The average molecular weight is 421 g/mol. The number of rotatable bonds is 6. The van der Waals surface area contributed by atoms with Gasteiger partial charge < -0.3 is 15.0 Å². The molecule has 4 nitrogen and oxygen atoms in total. The van der Waals surface area contributed by atoms with Gasteiger partial charge in [0.15, 0.2) is 0 Å². The Morgan fingerprint density at radius 3 is 2.29 bits per heavy atom. The maximum absolute atomic E-state index is 13.4. The van der Waals surface area contributed by atoms with E-state index in [2.05, 4.69) is 24.1 Å². The highest BCUT2D eigenvalue weighted by Gasteiger charge is 2.43. The lowest BCUT2D eigenvalue weighted by molar-refractivity contribution is -0.125. The van der Waals surface area contributed by atoms with Gasteiger partial charge in [-0.2, -0.15) is 0 Å². The zero-order valence-electron chi connectivity index (χ0n) is 16.3. The van der Waals surface area contributed by atoms with E-state index in [1.165, 1.54) is 0 Å². The van der Waals surface area contributed by atoms with Crippen molar-refractivity contribution in [2.75, 3.05) is 36.5 Å². The molecule has 1 heterocycles. The van der Waals surface area contributed by atoms with E-state index < -0.39 is 5.41 Å². The fourth-order valence-electron chi connectivity index (χ4n) is 3.81. The summed E-state index contributed by atoms with van der Waals surface area (Å²) in [6.07, 6.45) is 1.16. The standard InChI is InChI=1S/C22H26Cl2N2O2/c1-3-26(4-2)18-8-6-17(7-9-18)25-21(27)22(11-13-28-14-12-22)19-10-5-16(23)15-20(19)24/h5-10,15H,3-4,11-14H2,1-2H3,(H,25,27). The SMILES string of the molecule is CCN(CC)c1ccc(NC(=O)C2(c3ccc(Cl)cc3Cl)CCOCC2)cc1. The minimum atomic E-state index is -0.725. The summed E-state index contributed by atoms with van der Waals surface area (Å²) in [6.45, 7) is 7.19. The lowest BCUT2D eigenvalue weighted by atomic mass is 9.73. The van der Waals surface area contributed by atoms with E-state index in [4.69, 9.17) is 27.9 Å². The van der Waals surface area contributed by atoms with Crippen LogP contribution in [0.4, 0.5) is 11.4 Å². The molecular formula is C22H26Cl2N2O2. The number of hydrogen-bond donors (Lipinski definition) is 1. The van der Waals surface area contributed by atoms with Gasteiger partial charge in [-0.25, -0.2) is 0 Å². The van der Waals surface area contributed by atoms with Crippen LogP contribution < -0.4 is 10.2 Å². The molecule has 1 saturated heterocycles. The van der Waals surface area contributed by atoms with Crippen LogP contribution in [0.2, 0.25) is 10.0 Å². The molecule has 150 valence electrons. The number of benzene rings is 2. The summed E-state index contributed by atoms with van der Waals surface area (Å²) in [5.41, 5.74) is 2.00. The number of anilines is 2. The predicted molar refractivity (Wildman–Crippen MR) is 117 cm³/mol. The van der Waals surface area contributed by atoms with E-state index in [0.717, 1.165) is 30.0 Å². The van der Waals surface area contributed by atoms with E-state index >= 15 is 0 Å². The van der Waals surface area contributed by atoms with Crippen LogP contribution in [0.25, 0.3) is 0 Å². The van der Waals surface area contributed by atoms with Crippen LogP contribution in [0.1, 0.15) is 32.3 Å². The monoisotopic (exact) mass is 420 g/mol. The summed E-state index contributed by atoms with van der Waals surface area (Å²) >= 11 is 12.5. The van der Waals surface area contributed by atoms with Gasteiger partial charge in [-0.3, -0.25) is 4.79 Å². The van der Waals surface area contributed by atoms with Crippen molar-refractivity contribution in [1.82, 2.24) is 0 Å². The molecule has 2 aromatic rings. The maximum Gasteiger partial charge on any atom is 0.235 e. The first kappa shape index (κ1) is 21.0. The number of ether oxygens (including phenoxy) is 1. The Morgan fingerprint density at radius 2 is 1.71 bits per heavy atom. The smallest absolute Gasteiger partial charge is 0.235 e. The molecule has 3 rings (SSSR count). The molecule has 0 aliphatic carbocycles. The first-order chi connectivity index (χ1) is 13.5. The molecule has 0 aromatic heterocycles. The minimum Gasteiger partial charge on any atom is -0.381 e. The number of amides is 1. The Hall–Kier alpha value is -1.75. The number of carbonyl (C=O) groups is 1. The second-order valence-electron chi connectivity index (χ2n) is 6.99. The molecule has 2 aromatic carbocycles. The summed E-state index contributed by atoms with van der Waals surface area (Å²) in [7, 11) is 0. The van der Waals surface area contributed by atoms with Crippen LogP contribution >= 0.6 is 23.2 Å². The third kappa shape index (κ3) is 4.29. The number of nitrogens with zero attached hydrogens (tertiary/aromatic N) is 1. The van der Waals surface area contributed by atoms with E-state index in [1.54, 1.807) is 12.1 Å². The summed E-state index contributed by atoms with van der Waals surface area (Å²) in [6, 6.07) is 13.3. The van der Waals surface area contributed by atoms with Crippen molar-refractivity contribution in [3.05, 3.63) is 58.1 Å². The predicted octanol–water partition coefficient (Wildman–Crippen LogP) is 5.53. The van der Waals surface area contributed by atoms with Crippen LogP contribution in [-0.4, -0.2) is 32.2 Å². The van der Waals surface area contributed by atoms with E-state index in [9.17, 15) is 4.79 Å². The molecule has 1 aliphatic heterocycles. The first-order valence-corrected chi connectivity index (χ1v) is 10.5. The normalized spacial score (nSPS) is 15.9. The van der Waals surface area contributed by atoms with Crippen LogP contribution in [0.5, 0.6) is 0 Å². The fourth-order valence-corrected chi connectivity index (χ4v) is 4.40. The van der Waals surface area contributed by atoms with Crippen molar-refractivity contribution in [2.24, 2.45) is 0 Å².